The van der Waals surface area contributed by atoms with Gasteiger partial charge in [0.1, 0.15) is 0 Å². The maximum Gasteiger partial charge on any atom is 0.0592 e. The van der Waals surface area contributed by atoms with E-state index in [4.69, 9.17) is 23.2 Å². The van der Waals surface area contributed by atoms with Crippen molar-refractivity contribution in [3.63, 3.8) is 0 Å². The van der Waals surface area contributed by atoms with Crippen LogP contribution in [-0.4, -0.2) is 0 Å². The van der Waals surface area contributed by atoms with Crippen LogP contribution in [0.3, 0.4) is 0 Å². The molecule has 0 aliphatic carbocycles. The van der Waals surface area contributed by atoms with E-state index in [1.807, 2.05) is 12.1 Å². The molecule has 3 heteroatoms. The number of halogens is 2. The molecular formula is C6H4Cl2Fe. The fourth-order valence-electron chi connectivity index (χ4n) is 0.439. The van der Waals surface area contributed by atoms with Crippen LogP contribution in [0.4, 0.5) is 0 Å². The predicted octanol–water partition coefficient (Wildman–Crippen LogP) is 2.99. The summed E-state index contributed by atoms with van der Waals surface area (Å²) in [7, 11) is 0. The molecule has 50 valence electrons. The van der Waals surface area contributed by atoms with E-state index in [0.29, 0.717) is 10.0 Å². The molecule has 0 N–H and O–H groups in total. The summed E-state index contributed by atoms with van der Waals surface area (Å²) in [4.78, 5) is 0. The van der Waals surface area contributed by atoms with Gasteiger partial charge in [-0.05, 0) is 12.1 Å². The fraction of sp³-hybridized carbons (Fsp3) is 0. The van der Waals surface area contributed by atoms with Crippen molar-refractivity contribution in [2.45, 2.75) is 0 Å². The van der Waals surface area contributed by atoms with Crippen molar-refractivity contribution in [3.8, 4) is 0 Å². The molecule has 0 aliphatic rings. The Labute approximate surface area is 74.6 Å². The Bertz CT molecular complexity index is 167. The van der Waals surface area contributed by atoms with E-state index < -0.39 is 0 Å². The Morgan fingerprint density at radius 1 is 0.889 bits per heavy atom. The van der Waals surface area contributed by atoms with Crippen LogP contribution in [0.15, 0.2) is 24.3 Å². The first-order chi connectivity index (χ1) is 3.80. The first kappa shape index (κ1) is 9.32. The Morgan fingerprint density at radius 2 is 1.22 bits per heavy atom. The van der Waals surface area contributed by atoms with Crippen LogP contribution in [0, 0.1) is 0 Å². The zero-order valence-electron chi connectivity index (χ0n) is 4.42. The fourth-order valence-corrected chi connectivity index (χ4v) is 0.711. The zero-order valence-corrected chi connectivity index (χ0v) is 7.03. The molecule has 1 rings (SSSR count). The summed E-state index contributed by atoms with van der Waals surface area (Å²) in [6.45, 7) is 0. The van der Waals surface area contributed by atoms with Gasteiger partial charge in [-0.25, -0.2) is 0 Å². The Balaban J connectivity index is 0.000000640. The van der Waals surface area contributed by atoms with Gasteiger partial charge in [-0.15, -0.1) is 0 Å². The summed E-state index contributed by atoms with van der Waals surface area (Å²) in [5.74, 6) is 0. The van der Waals surface area contributed by atoms with Gasteiger partial charge >= 0.3 is 0 Å². The third-order valence-corrected chi connectivity index (χ3v) is 1.58. The van der Waals surface area contributed by atoms with Crippen molar-refractivity contribution >= 4 is 23.2 Å². The smallest absolute Gasteiger partial charge is 0.0592 e. The largest absolute Gasteiger partial charge is 0.0827 e. The van der Waals surface area contributed by atoms with Crippen molar-refractivity contribution < 1.29 is 17.1 Å². The molecule has 0 fully saturated rings. The van der Waals surface area contributed by atoms with Gasteiger partial charge in [0.15, 0.2) is 0 Å². The maximum absolute atomic E-state index is 5.58. The number of benzene rings is 1. The second-order valence-electron chi connectivity index (χ2n) is 1.41. The molecule has 0 atom stereocenters. The summed E-state index contributed by atoms with van der Waals surface area (Å²) in [6.07, 6.45) is 0. The normalized spacial score (nSPS) is 8.22. The first-order valence-electron chi connectivity index (χ1n) is 2.21. The summed E-state index contributed by atoms with van der Waals surface area (Å²) in [6, 6.07) is 7.19. The molecule has 9 heavy (non-hydrogen) atoms. The van der Waals surface area contributed by atoms with E-state index in [1.54, 1.807) is 12.1 Å². The van der Waals surface area contributed by atoms with E-state index in [9.17, 15) is 0 Å². The van der Waals surface area contributed by atoms with Gasteiger partial charge in [-0.3, -0.25) is 0 Å². The minimum atomic E-state index is 0. The second kappa shape index (κ2) is 4.19. The number of rotatable bonds is 0. The molecule has 0 saturated heterocycles. The number of hydrogen-bond acceptors (Lipinski definition) is 0. The van der Waals surface area contributed by atoms with Gasteiger partial charge in [-0.1, -0.05) is 35.3 Å². The van der Waals surface area contributed by atoms with Crippen molar-refractivity contribution in [3.05, 3.63) is 34.3 Å². The Hall–Kier alpha value is 0.319. The number of hydrogen-bond donors (Lipinski definition) is 0. The van der Waals surface area contributed by atoms with Crippen LogP contribution in [0.2, 0.25) is 10.0 Å². The average molecular weight is 203 g/mol. The molecule has 0 radical (unpaired) electrons. The van der Waals surface area contributed by atoms with Gasteiger partial charge in [-0.2, -0.15) is 0 Å². The zero-order chi connectivity index (χ0) is 5.98. The van der Waals surface area contributed by atoms with E-state index in [0.717, 1.165) is 0 Å². The summed E-state index contributed by atoms with van der Waals surface area (Å²) < 4.78 is 0. The van der Waals surface area contributed by atoms with E-state index in [-0.39, 0.29) is 17.1 Å². The van der Waals surface area contributed by atoms with Gasteiger partial charge < -0.3 is 0 Å². The maximum atomic E-state index is 5.58. The monoisotopic (exact) mass is 202 g/mol. The van der Waals surface area contributed by atoms with E-state index in [2.05, 4.69) is 0 Å². The first-order valence-corrected chi connectivity index (χ1v) is 2.96. The minimum absolute atomic E-state index is 0. The molecule has 0 nitrogen and oxygen atoms in total. The van der Waals surface area contributed by atoms with Crippen LogP contribution in [0.25, 0.3) is 0 Å². The Morgan fingerprint density at radius 3 is 1.44 bits per heavy atom. The van der Waals surface area contributed by atoms with Crippen LogP contribution in [0.1, 0.15) is 0 Å². The molecule has 0 bridgehead atoms. The van der Waals surface area contributed by atoms with E-state index >= 15 is 0 Å². The van der Waals surface area contributed by atoms with Crippen molar-refractivity contribution in [1.29, 1.82) is 0 Å². The van der Waals surface area contributed by atoms with Gasteiger partial charge in [0, 0.05) is 17.1 Å². The molecule has 0 saturated carbocycles. The molecule has 1 aromatic carbocycles. The van der Waals surface area contributed by atoms with Gasteiger partial charge in [0.25, 0.3) is 0 Å². The molecule has 0 spiro atoms. The third-order valence-electron chi connectivity index (χ3n) is 0.824. The predicted molar refractivity (Wildman–Crippen MR) is 36.5 cm³/mol. The summed E-state index contributed by atoms with van der Waals surface area (Å²) in [5, 5.41) is 1.21. The molecule has 0 aromatic heterocycles. The standard InChI is InChI=1S/C6H4Cl2.Fe/c7-5-3-1-2-4-6(5)8;/h1-4H;. The quantitative estimate of drug-likeness (QED) is 0.568. The SMILES string of the molecule is Clc1ccccc1Cl.[Fe]. The average Bonchev–Trinajstić information content (AvgIpc) is 1.77. The topological polar surface area (TPSA) is 0 Å². The molecule has 0 aliphatic heterocycles. The van der Waals surface area contributed by atoms with Gasteiger partial charge in [0.2, 0.25) is 0 Å². The van der Waals surface area contributed by atoms with Crippen molar-refractivity contribution in [2.75, 3.05) is 0 Å². The third kappa shape index (κ3) is 2.59. The molecule has 0 unspecified atom stereocenters. The van der Waals surface area contributed by atoms with Crippen LogP contribution in [-0.2, 0) is 17.1 Å². The minimum Gasteiger partial charge on any atom is -0.0827 e. The summed E-state index contributed by atoms with van der Waals surface area (Å²) in [5.41, 5.74) is 0. The van der Waals surface area contributed by atoms with Crippen LogP contribution >= 0.6 is 23.2 Å². The Kier molecular flexibility index (Phi) is 4.33. The molecular weight excluding hydrogens is 199 g/mol. The van der Waals surface area contributed by atoms with E-state index in [1.165, 1.54) is 0 Å². The van der Waals surface area contributed by atoms with Crippen molar-refractivity contribution in [1.82, 2.24) is 0 Å². The van der Waals surface area contributed by atoms with Gasteiger partial charge in [0.05, 0.1) is 10.0 Å². The summed E-state index contributed by atoms with van der Waals surface area (Å²) >= 11 is 11.2. The molecule has 1 aromatic rings. The van der Waals surface area contributed by atoms with Crippen molar-refractivity contribution in [2.24, 2.45) is 0 Å². The molecule has 0 heterocycles. The van der Waals surface area contributed by atoms with Crippen LogP contribution in [0.5, 0.6) is 0 Å². The van der Waals surface area contributed by atoms with Crippen LogP contribution < -0.4 is 0 Å². The second-order valence-corrected chi connectivity index (χ2v) is 2.23. The molecule has 0 amide bonds.